The van der Waals surface area contributed by atoms with Crippen LogP contribution in [-0.4, -0.2) is 17.3 Å². The highest BCUT2D eigenvalue weighted by atomic mass is 79.9. The number of aliphatic hydroxyl groups excluding tert-OH is 1. The van der Waals surface area contributed by atoms with E-state index in [-0.39, 0.29) is 12.4 Å². The summed E-state index contributed by atoms with van der Waals surface area (Å²) in [6.07, 6.45) is 0. The average molecular weight is 233 g/mol. The lowest BCUT2D eigenvalue weighted by atomic mass is 10.2. The first-order valence-electron chi connectivity index (χ1n) is 3.36. The first kappa shape index (κ1) is 9.35. The summed E-state index contributed by atoms with van der Waals surface area (Å²) in [5.74, 6) is 0.330. The molecule has 0 fully saturated rings. The number of phenols is 1. The second-order valence-electron chi connectivity index (χ2n) is 2.25. The lowest BCUT2D eigenvalue weighted by molar-refractivity contribution is 0.272. The minimum absolute atomic E-state index is 0.0191. The zero-order valence-corrected chi connectivity index (χ0v) is 8.13. The molecule has 0 unspecified atom stereocenters. The van der Waals surface area contributed by atoms with E-state index in [1.807, 2.05) is 0 Å². The molecule has 66 valence electrons. The van der Waals surface area contributed by atoms with Gasteiger partial charge in [0, 0.05) is 5.56 Å². The van der Waals surface area contributed by atoms with Crippen LogP contribution in [0.4, 0.5) is 0 Å². The van der Waals surface area contributed by atoms with Gasteiger partial charge in [-0.25, -0.2) is 0 Å². The fourth-order valence-electron chi connectivity index (χ4n) is 0.909. The Kier molecular flexibility index (Phi) is 2.94. The van der Waals surface area contributed by atoms with Crippen molar-refractivity contribution in [1.82, 2.24) is 0 Å². The van der Waals surface area contributed by atoms with Crippen molar-refractivity contribution in [2.45, 2.75) is 6.61 Å². The van der Waals surface area contributed by atoms with Gasteiger partial charge in [-0.3, -0.25) is 0 Å². The van der Waals surface area contributed by atoms with Gasteiger partial charge in [-0.05, 0) is 22.0 Å². The molecule has 0 heterocycles. The lowest BCUT2D eigenvalue weighted by Crippen LogP contribution is -1.90. The molecule has 1 aromatic rings. The molecule has 0 aliphatic rings. The van der Waals surface area contributed by atoms with Crippen LogP contribution in [0.1, 0.15) is 5.56 Å². The molecule has 0 atom stereocenters. The van der Waals surface area contributed by atoms with Crippen molar-refractivity contribution in [3.63, 3.8) is 0 Å². The fraction of sp³-hybridized carbons (Fsp3) is 0.250. The van der Waals surface area contributed by atoms with E-state index in [2.05, 4.69) is 15.9 Å². The van der Waals surface area contributed by atoms with Gasteiger partial charge in [0.2, 0.25) is 0 Å². The maximum absolute atomic E-state index is 9.45. The van der Waals surface area contributed by atoms with E-state index in [1.54, 1.807) is 12.1 Å². The molecule has 0 aromatic heterocycles. The number of hydrogen-bond acceptors (Lipinski definition) is 3. The number of aliphatic hydroxyl groups is 1. The third-order valence-electron chi connectivity index (χ3n) is 1.54. The smallest absolute Gasteiger partial charge is 0.175 e. The second-order valence-corrected chi connectivity index (χ2v) is 3.10. The normalized spacial score (nSPS) is 9.92. The molecule has 0 spiro atoms. The molecular formula is C8H9BrO3. The highest BCUT2D eigenvalue weighted by Crippen LogP contribution is 2.36. The van der Waals surface area contributed by atoms with Crippen LogP contribution in [0.15, 0.2) is 16.6 Å². The fourth-order valence-corrected chi connectivity index (χ4v) is 1.39. The molecule has 3 nitrogen and oxygen atoms in total. The minimum atomic E-state index is -0.199. The Balaban J connectivity index is 3.24. The summed E-state index contributed by atoms with van der Waals surface area (Å²) in [7, 11) is 1.46. The molecule has 0 saturated heterocycles. The first-order chi connectivity index (χ1) is 5.70. The molecule has 0 radical (unpaired) electrons. The zero-order valence-electron chi connectivity index (χ0n) is 6.54. The standard InChI is InChI=1S/C8H9BrO3/c1-12-8-6(9)3-2-5(4-10)7(8)11/h2-3,10-11H,4H2,1H3. The third kappa shape index (κ3) is 1.54. The van der Waals surface area contributed by atoms with Crippen molar-refractivity contribution in [2.75, 3.05) is 7.11 Å². The molecule has 0 saturated carbocycles. The summed E-state index contributed by atoms with van der Waals surface area (Å²) >= 11 is 3.20. The van der Waals surface area contributed by atoms with Crippen molar-refractivity contribution in [3.8, 4) is 11.5 Å². The monoisotopic (exact) mass is 232 g/mol. The van der Waals surface area contributed by atoms with Crippen LogP contribution in [0.3, 0.4) is 0 Å². The summed E-state index contributed by atoms with van der Waals surface area (Å²) in [4.78, 5) is 0. The third-order valence-corrected chi connectivity index (χ3v) is 2.17. The number of methoxy groups -OCH3 is 1. The van der Waals surface area contributed by atoms with E-state index in [0.717, 1.165) is 0 Å². The predicted molar refractivity (Wildman–Crippen MR) is 48.3 cm³/mol. The van der Waals surface area contributed by atoms with Gasteiger partial charge < -0.3 is 14.9 Å². The van der Waals surface area contributed by atoms with Crippen LogP contribution < -0.4 is 4.74 Å². The Bertz CT molecular complexity index is 286. The number of hydrogen-bond donors (Lipinski definition) is 2. The van der Waals surface area contributed by atoms with Gasteiger partial charge >= 0.3 is 0 Å². The SMILES string of the molecule is COc1c(Br)ccc(CO)c1O. The molecule has 12 heavy (non-hydrogen) atoms. The maximum atomic E-state index is 9.45. The lowest BCUT2D eigenvalue weighted by Gasteiger charge is -2.08. The van der Waals surface area contributed by atoms with Crippen LogP contribution in [0.2, 0.25) is 0 Å². The number of rotatable bonds is 2. The Hall–Kier alpha value is -0.740. The average Bonchev–Trinajstić information content (AvgIpc) is 2.06. The number of ether oxygens (including phenoxy) is 1. The minimum Gasteiger partial charge on any atom is -0.504 e. The van der Waals surface area contributed by atoms with Gasteiger partial charge in [-0.2, -0.15) is 0 Å². The van der Waals surface area contributed by atoms with Crippen molar-refractivity contribution in [3.05, 3.63) is 22.2 Å². The molecule has 0 aliphatic carbocycles. The van der Waals surface area contributed by atoms with E-state index in [9.17, 15) is 5.11 Å². The summed E-state index contributed by atoms with van der Waals surface area (Å²) in [6, 6.07) is 3.34. The topological polar surface area (TPSA) is 49.7 Å². The molecule has 1 aromatic carbocycles. The summed E-state index contributed by atoms with van der Waals surface area (Å²) in [6.45, 7) is -0.199. The van der Waals surface area contributed by atoms with Gasteiger partial charge in [0.1, 0.15) is 0 Å². The van der Waals surface area contributed by atoms with Crippen LogP contribution in [0.5, 0.6) is 11.5 Å². The van der Waals surface area contributed by atoms with E-state index >= 15 is 0 Å². The Morgan fingerprint density at radius 2 is 2.17 bits per heavy atom. The van der Waals surface area contributed by atoms with Crippen LogP contribution in [0.25, 0.3) is 0 Å². The number of halogens is 1. The number of benzene rings is 1. The van der Waals surface area contributed by atoms with Crippen LogP contribution in [-0.2, 0) is 6.61 Å². The molecular weight excluding hydrogens is 224 g/mol. The number of aromatic hydroxyl groups is 1. The molecule has 2 N–H and O–H groups in total. The molecule has 4 heteroatoms. The van der Waals surface area contributed by atoms with Gasteiger partial charge in [0.15, 0.2) is 11.5 Å². The summed E-state index contributed by atoms with van der Waals surface area (Å²) < 4.78 is 5.58. The van der Waals surface area contributed by atoms with Crippen molar-refractivity contribution in [1.29, 1.82) is 0 Å². The Morgan fingerprint density at radius 3 is 2.67 bits per heavy atom. The van der Waals surface area contributed by atoms with Crippen molar-refractivity contribution < 1.29 is 14.9 Å². The van der Waals surface area contributed by atoms with Gasteiger partial charge in [0.05, 0.1) is 18.2 Å². The van der Waals surface area contributed by atoms with E-state index < -0.39 is 0 Å². The van der Waals surface area contributed by atoms with Gasteiger partial charge in [0.25, 0.3) is 0 Å². The van der Waals surface area contributed by atoms with Gasteiger partial charge in [-0.15, -0.1) is 0 Å². The molecule has 0 bridgehead atoms. The van der Waals surface area contributed by atoms with E-state index in [1.165, 1.54) is 7.11 Å². The van der Waals surface area contributed by atoms with Gasteiger partial charge in [-0.1, -0.05) is 6.07 Å². The largest absolute Gasteiger partial charge is 0.504 e. The van der Waals surface area contributed by atoms with Crippen LogP contribution in [0, 0.1) is 0 Å². The van der Waals surface area contributed by atoms with E-state index in [0.29, 0.717) is 15.8 Å². The molecule has 1 rings (SSSR count). The highest BCUT2D eigenvalue weighted by molar-refractivity contribution is 9.10. The van der Waals surface area contributed by atoms with Crippen molar-refractivity contribution in [2.24, 2.45) is 0 Å². The summed E-state index contributed by atoms with van der Waals surface area (Å²) in [5.41, 5.74) is 0.454. The highest BCUT2D eigenvalue weighted by Gasteiger charge is 2.10. The quantitative estimate of drug-likeness (QED) is 0.816. The second kappa shape index (κ2) is 3.78. The predicted octanol–water partition coefficient (Wildman–Crippen LogP) is 1.66. The van der Waals surface area contributed by atoms with Crippen molar-refractivity contribution >= 4 is 15.9 Å². The molecule has 0 aliphatic heterocycles. The van der Waals surface area contributed by atoms with Crippen LogP contribution >= 0.6 is 15.9 Å². The van der Waals surface area contributed by atoms with E-state index in [4.69, 9.17) is 9.84 Å². The Labute approximate surface area is 78.7 Å². The maximum Gasteiger partial charge on any atom is 0.175 e. The zero-order chi connectivity index (χ0) is 9.14. The first-order valence-corrected chi connectivity index (χ1v) is 4.15. The molecule has 0 amide bonds. The summed E-state index contributed by atoms with van der Waals surface area (Å²) in [5, 5.41) is 18.3. The Morgan fingerprint density at radius 1 is 1.50 bits per heavy atom.